The van der Waals surface area contributed by atoms with Crippen molar-refractivity contribution >= 4 is 23.6 Å². The van der Waals surface area contributed by atoms with Crippen molar-refractivity contribution in [1.82, 2.24) is 4.98 Å². The first-order valence-electron chi connectivity index (χ1n) is 3.89. The van der Waals surface area contributed by atoms with Gasteiger partial charge in [0.05, 0.1) is 12.3 Å². The van der Waals surface area contributed by atoms with Gasteiger partial charge < -0.3 is 25.4 Å². The average Bonchev–Trinajstić information content (AvgIpc) is 2.61. The summed E-state index contributed by atoms with van der Waals surface area (Å²) >= 11 is 6.00. The molecule has 0 bridgehead atoms. The number of rotatable bonds is 4. The lowest BCUT2D eigenvalue weighted by Gasteiger charge is -2.20. The van der Waals surface area contributed by atoms with Crippen molar-refractivity contribution in [3.8, 4) is 0 Å². The lowest BCUT2D eigenvalue weighted by atomic mass is 10.1. The van der Waals surface area contributed by atoms with Crippen LogP contribution >= 0.6 is 23.6 Å². The monoisotopic (exact) mass is 237 g/mol. The number of thiazole rings is 1. The van der Waals surface area contributed by atoms with Gasteiger partial charge >= 0.3 is 0 Å². The second kappa shape index (κ2) is 4.96. The summed E-state index contributed by atoms with van der Waals surface area (Å²) in [5, 5.41) is 38.0. The van der Waals surface area contributed by atoms with Crippen LogP contribution in [0.4, 0.5) is 0 Å². The molecule has 0 saturated carbocycles. The molecular formula is C7H11NO4S2. The van der Waals surface area contributed by atoms with Gasteiger partial charge in [0, 0.05) is 5.38 Å². The van der Waals surface area contributed by atoms with E-state index in [4.69, 9.17) is 22.4 Å². The van der Waals surface area contributed by atoms with Crippen LogP contribution in [0.15, 0.2) is 5.38 Å². The molecule has 0 fully saturated rings. The minimum absolute atomic E-state index is 0.333. The Labute approximate surface area is 89.3 Å². The van der Waals surface area contributed by atoms with Crippen molar-refractivity contribution < 1.29 is 20.4 Å². The molecule has 14 heavy (non-hydrogen) atoms. The predicted octanol–water partition coefficient (Wildman–Crippen LogP) is -0.447. The van der Waals surface area contributed by atoms with Gasteiger partial charge in [-0.05, 0) is 12.2 Å². The highest BCUT2D eigenvalue weighted by Gasteiger charge is 2.26. The SMILES string of the molecule is OCC(O)C(O)C(O)c1csc(=S)[nH]1. The third kappa shape index (κ3) is 2.59. The van der Waals surface area contributed by atoms with Gasteiger partial charge in [0.25, 0.3) is 0 Å². The summed E-state index contributed by atoms with van der Waals surface area (Å²) < 4.78 is 0.477. The fourth-order valence-electron chi connectivity index (χ4n) is 0.940. The molecule has 1 aromatic heterocycles. The Bertz CT molecular complexity index is 336. The lowest BCUT2D eigenvalue weighted by molar-refractivity contribution is -0.0787. The maximum atomic E-state index is 9.51. The smallest absolute Gasteiger partial charge is 0.158 e. The average molecular weight is 237 g/mol. The Morgan fingerprint density at radius 3 is 2.50 bits per heavy atom. The van der Waals surface area contributed by atoms with Gasteiger partial charge in [-0.2, -0.15) is 0 Å². The molecule has 0 spiro atoms. The lowest BCUT2D eigenvalue weighted by Crippen LogP contribution is -2.34. The normalized spacial score (nSPS) is 17.7. The molecule has 0 aromatic carbocycles. The van der Waals surface area contributed by atoms with E-state index in [0.717, 1.165) is 0 Å². The molecule has 0 amide bonds. The molecule has 1 aromatic rings. The Morgan fingerprint density at radius 2 is 2.07 bits per heavy atom. The number of hydrogen-bond acceptors (Lipinski definition) is 6. The summed E-state index contributed by atoms with van der Waals surface area (Å²) in [6, 6.07) is 0. The highest BCUT2D eigenvalue weighted by atomic mass is 32.1. The first-order valence-corrected chi connectivity index (χ1v) is 5.17. The van der Waals surface area contributed by atoms with Crippen molar-refractivity contribution in [3.63, 3.8) is 0 Å². The first-order chi connectivity index (χ1) is 6.56. The third-order valence-electron chi connectivity index (χ3n) is 1.76. The quantitative estimate of drug-likeness (QED) is 0.457. The topological polar surface area (TPSA) is 96.7 Å². The molecule has 7 heteroatoms. The molecular weight excluding hydrogens is 226 g/mol. The van der Waals surface area contributed by atoms with E-state index in [-0.39, 0.29) is 0 Å². The molecule has 5 nitrogen and oxygen atoms in total. The largest absolute Gasteiger partial charge is 0.394 e. The van der Waals surface area contributed by atoms with E-state index in [2.05, 4.69) is 4.98 Å². The minimum Gasteiger partial charge on any atom is -0.394 e. The number of H-pyrrole nitrogens is 1. The van der Waals surface area contributed by atoms with Crippen LogP contribution in [0.3, 0.4) is 0 Å². The molecule has 0 aliphatic heterocycles. The zero-order valence-electron chi connectivity index (χ0n) is 7.12. The van der Waals surface area contributed by atoms with E-state index in [0.29, 0.717) is 9.65 Å². The Hall–Kier alpha value is -0.310. The van der Waals surface area contributed by atoms with E-state index < -0.39 is 24.9 Å². The van der Waals surface area contributed by atoms with Crippen LogP contribution < -0.4 is 0 Å². The summed E-state index contributed by atoms with van der Waals surface area (Å²) in [5.41, 5.74) is 0.333. The fourth-order valence-corrected chi connectivity index (χ4v) is 1.81. The Balaban J connectivity index is 2.74. The van der Waals surface area contributed by atoms with Crippen LogP contribution in [0.5, 0.6) is 0 Å². The summed E-state index contributed by atoms with van der Waals surface area (Å²) in [6.45, 7) is -0.608. The molecule has 1 rings (SSSR count). The molecule has 3 atom stereocenters. The molecule has 80 valence electrons. The van der Waals surface area contributed by atoms with Gasteiger partial charge in [-0.25, -0.2) is 0 Å². The highest BCUT2D eigenvalue weighted by molar-refractivity contribution is 7.73. The number of aromatic amines is 1. The highest BCUT2D eigenvalue weighted by Crippen LogP contribution is 2.19. The van der Waals surface area contributed by atoms with Crippen molar-refractivity contribution in [2.24, 2.45) is 0 Å². The second-order valence-corrected chi connectivity index (χ2v) is 4.34. The van der Waals surface area contributed by atoms with Gasteiger partial charge in [0.15, 0.2) is 3.95 Å². The number of aromatic nitrogens is 1. The van der Waals surface area contributed by atoms with Crippen LogP contribution in [0.2, 0.25) is 0 Å². The van der Waals surface area contributed by atoms with Crippen molar-refractivity contribution in [3.05, 3.63) is 15.0 Å². The molecule has 0 radical (unpaired) electrons. The van der Waals surface area contributed by atoms with E-state index in [1.54, 1.807) is 5.38 Å². The van der Waals surface area contributed by atoms with Crippen LogP contribution in [0, 0.1) is 3.95 Å². The number of aliphatic hydroxyl groups excluding tert-OH is 4. The number of nitrogens with one attached hydrogen (secondary N) is 1. The van der Waals surface area contributed by atoms with Crippen LogP contribution in [-0.4, -0.2) is 44.2 Å². The maximum absolute atomic E-state index is 9.51. The number of hydrogen-bond donors (Lipinski definition) is 5. The van der Waals surface area contributed by atoms with E-state index in [9.17, 15) is 10.2 Å². The summed E-state index contributed by atoms with van der Waals surface area (Å²) in [6.07, 6.45) is -4.07. The van der Waals surface area contributed by atoms with Gasteiger partial charge in [-0.1, -0.05) is 0 Å². The summed E-state index contributed by atoms with van der Waals surface area (Å²) in [5.74, 6) is 0. The van der Waals surface area contributed by atoms with E-state index in [1.165, 1.54) is 11.3 Å². The first kappa shape index (κ1) is 11.8. The molecule has 0 aliphatic carbocycles. The third-order valence-corrected chi connectivity index (χ3v) is 2.84. The zero-order valence-corrected chi connectivity index (χ0v) is 8.75. The van der Waals surface area contributed by atoms with E-state index >= 15 is 0 Å². The van der Waals surface area contributed by atoms with E-state index in [1.807, 2.05) is 0 Å². The van der Waals surface area contributed by atoms with Crippen LogP contribution in [0.1, 0.15) is 11.8 Å². The van der Waals surface area contributed by atoms with Gasteiger partial charge in [-0.15, -0.1) is 11.3 Å². The zero-order chi connectivity index (χ0) is 10.7. The Morgan fingerprint density at radius 1 is 1.43 bits per heavy atom. The summed E-state index contributed by atoms with van der Waals surface area (Å²) in [4.78, 5) is 2.67. The van der Waals surface area contributed by atoms with Crippen molar-refractivity contribution in [2.45, 2.75) is 18.3 Å². The molecule has 5 N–H and O–H groups in total. The van der Waals surface area contributed by atoms with Gasteiger partial charge in [0.1, 0.15) is 18.3 Å². The fraction of sp³-hybridized carbons (Fsp3) is 0.571. The van der Waals surface area contributed by atoms with Gasteiger partial charge in [0.2, 0.25) is 0 Å². The van der Waals surface area contributed by atoms with Crippen LogP contribution in [0.25, 0.3) is 0 Å². The van der Waals surface area contributed by atoms with Gasteiger partial charge in [-0.3, -0.25) is 0 Å². The molecule has 1 heterocycles. The molecule has 3 unspecified atom stereocenters. The standard InChI is InChI=1S/C7H11NO4S2/c9-1-4(10)6(12)5(11)3-2-14-7(13)8-3/h2,4-6,9-12H,1H2,(H,8,13). The molecule has 0 saturated heterocycles. The van der Waals surface area contributed by atoms with Crippen LogP contribution in [-0.2, 0) is 0 Å². The minimum atomic E-state index is -1.43. The summed E-state index contributed by atoms with van der Waals surface area (Å²) in [7, 11) is 0. The van der Waals surface area contributed by atoms with Crippen molar-refractivity contribution in [1.29, 1.82) is 0 Å². The number of aliphatic hydroxyl groups is 4. The second-order valence-electron chi connectivity index (χ2n) is 2.79. The maximum Gasteiger partial charge on any atom is 0.158 e. The van der Waals surface area contributed by atoms with Crippen molar-refractivity contribution in [2.75, 3.05) is 6.61 Å². The molecule has 0 aliphatic rings. The Kier molecular flexibility index (Phi) is 4.17. The predicted molar refractivity (Wildman–Crippen MR) is 53.6 cm³/mol.